The number of phenolic OH excluding ortho intramolecular Hbond substituents is 1. The molecule has 0 fully saturated rings. The van der Waals surface area contributed by atoms with Crippen LogP contribution in [0.4, 0.5) is 5.69 Å². The second-order valence-corrected chi connectivity index (χ2v) is 5.15. The molecule has 0 bridgehead atoms. The van der Waals surface area contributed by atoms with Crippen molar-refractivity contribution in [2.75, 3.05) is 24.2 Å². The Morgan fingerprint density at radius 1 is 1.38 bits per heavy atom. The number of phenols is 1. The number of aromatic hydroxyl groups is 1. The minimum Gasteiger partial charge on any atom is -0.508 e. The summed E-state index contributed by atoms with van der Waals surface area (Å²) < 4.78 is 29.6. The fourth-order valence-electron chi connectivity index (χ4n) is 1.34. The molecule has 0 saturated carbocycles. The number of benzene rings is 1. The van der Waals surface area contributed by atoms with Crippen LogP contribution < -0.4 is 4.90 Å². The SMILES string of the molecule is CN(CCCS(=O)(=O)O)c1cccc(O)c1. The average Bonchev–Trinajstić information content (AvgIpc) is 2.15. The first kappa shape index (κ1) is 12.8. The van der Waals surface area contributed by atoms with Crippen molar-refractivity contribution >= 4 is 15.8 Å². The Morgan fingerprint density at radius 2 is 2.06 bits per heavy atom. The molecule has 0 heterocycles. The van der Waals surface area contributed by atoms with Gasteiger partial charge in [-0.3, -0.25) is 4.55 Å². The quantitative estimate of drug-likeness (QED) is 0.760. The molecule has 16 heavy (non-hydrogen) atoms. The van der Waals surface area contributed by atoms with E-state index >= 15 is 0 Å². The first-order valence-electron chi connectivity index (χ1n) is 4.84. The van der Waals surface area contributed by atoms with Crippen molar-refractivity contribution in [2.45, 2.75) is 6.42 Å². The second-order valence-electron chi connectivity index (χ2n) is 3.58. The van der Waals surface area contributed by atoms with Gasteiger partial charge in [0.1, 0.15) is 5.75 Å². The molecule has 2 N–H and O–H groups in total. The standard InChI is InChI=1S/C10H15NO4S/c1-11(6-3-7-16(13,14)15)9-4-2-5-10(12)8-9/h2,4-5,8,12H,3,6-7H2,1H3,(H,13,14,15). The van der Waals surface area contributed by atoms with Gasteiger partial charge in [-0.1, -0.05) is 6.07 Å². The number of hydrogen-bond acceptors (Lipinski definition) is 4. The second kappa shape index (κ2) is 5.18. The van der Waals surface area contributed by atoms with E-state index in [-0.39, 0.29) is 11.5 Å². The van der Waals surface area contributed by atoms with Gasteiger partial charge in [-0.2, -0.15) is 8.42 Å². The van der Waals surface area contributed by atoms with Crippen molar-refractivity contribution in [1.29, 1.82) is 0 Å². The number of anilines is 1. The molecule has 0 aromatic heterocycles. The van der Waals surface area contributed by atoms with Crippen LogP contribution in [-0.2, 0) is 10.1 Å². The van der Waals surface area contributed by atoms with Crippen molar-refractivity contribution in [3.8, 4) is 5.75 Å². The molecule has 0 amide bonds. The van der Waals surface area contributed by atoms with Crippen molar-refractivity contribution in [2.24, 2.45) is 0 Å². The fourth-order valence-corrected chi connectivity index (χ4v) is 1.84. The summed E-state index contributed by atoms with van der Waals surface area (Å²) in [6.45, 7) is 0.489. The zero-order chi connectivity index (χ0) is 12.2. The molecule has 1 aromatic carbocycles. The molecule has 1 rings (SSSR count). The van der Waals surface area contributed by atoms with Gasteiger partial charge in [-0.05, 0) is 18.6 Å². The third kappa shape index (κ3) is 4.50. The van der Waals surface area contributed by atoms with E-state index < -0.39 is 10.1 Å². The molecule has 0 saturated heterocycles. The van der Waals surface area contributed by atoms with Gasteiger partial charge in [-0.15, -0.1) is 0 Å². The van der Waals surface area contributed by atoms with E-state index in [1.54, 1.807) is 25.2 Å². The number of rotatable bonds is 5. The average molecular weight is 245 g/mol. The van der Waals surface area contributed by atoms with Gasteiger partial charge in [0, 0.05) is 25.3 Å². The number of nitrogens with zero attached hydrogens (tertiary/aromatic N) is 1. The molecule has 1 aromatic rings. The first-order chi connectivity index (χ1) is 7.38. The third-order valence-electron chi connectivity index (χ3n) is 2.17. The van der Waals surface area contributed by atoms with Gasteiger partial charge >= 0.3 is 0 Å². The Balaban J connectivity index is 2.50. The van der Waals surface area contributed by atoms with Crippen LogP contribution >= 0.6 is 0 Å². The Labute approximate surface area is 95.1 Å². The van der Waals surface area contributed by atoms with Crippen molar-refractivity contribution in [3.05, 3.63) is 24.3 Å². The zero-order valence-electron chi connectivity index (χ0n) is 9.00. The summed E-state index contributed by atoms with van der Waals surface area (Å²) >= 11 is 0. The summed E-state index contributed by atoms with van der Waals surface area (Å²) in [6, 6.07) is 6.68. The lowest BCUT2D eigenvalue weighted by atomic mass is 10.2. The molecule has 0 atom stereocenters. The summed E-state index contributed by atoms with van der Waals surface area (Å²) in [5, 5.41) is 9.25. The predicted molar refractivity (Wildman–Crippen MR) is 62.4 cm³/mol. The van der Waals surface area contributed by atoms with Crippen LogP contribution in [0.1, 0.15) is 6.42 Å². The Morgan fingerprint density at radius 3 is 2.62 bits per heavy atom. The molecule has 0 aliphatic carbocycles. The fraction of sp³-hybridized carbons (Fsp3) is 0.400. The zero-order valence-corrected chi connectivity index (χ0v) is 9.81. The van der Waals surface area contributed by atoms with Crippen molar-refractivity contribution in [1.82, 2.24) is 0 Å². The van der Waals surface area contributed by atoms with E-state index in [0.29, 0.717) is 13.0 Å². The van der Waals surface area contributed by atoms with Crippen molar-refractivity contribution < 1.29 is 18.1 Å². The highest BCUT2D eigenvalue weighted by Gasteiger charge is 2.06. The highest BCUT2D eigenvalue weighted by atomic mass is 32.2. The topological polar surface area (TPSA) is 77.8 Å². The van der Waals surface area contributed by atoms with Crippen LogP contribution in [0.15, 0.2) is 24.3 Å². The Bertz CT molecular complexity index is 444. The molecule has 5 nitrogen and oxygen atoms in total. The van der Waals surface area contributed by atoms with E-state index in [1.807, 2.05) is 11.0 Å². The highest BCUT2D eigenvalue weighted by Crippen LogP contribution is 2.18. The molecule has 0 aliphatic rings. The molecule has 0 aliphatic heterocycles. The summed E-state index contributed by atoms with van der Waals surface area (Å²) in [6.07, 6.45) is 0.338. The maximum absolute atomic E-state index is 10.5. The lowest BCUT2D eigenvalue weighted by molar-refractivity contribution is 0.474. The van der Waals surface area contributed by atoms with Gasteiger partial charge in [-0.25, -0.2) is 0 Å². The van der Waals surface area contributed by atoms with E-state index in [4.69, 9.17) is 4.55 Å². The highest BCUT2D eigenvalue weighted by molar-refractivity contribution is 7.85. The summed E-state index contributed by atoms with van der Waals surface area (Å²) in [7, 11) is -2.10. The number of hydrogen-bond donors (Lipinski definition) is 2. The van der Waals surface area contributed by atoms with Crippen LogP contribution in [0.3, 0.4) is 0 Å². The summed E-state index contributed by atoms with van der Waals surface area (Å²) in [5.74, 6) is -0.0880. The lowest BCUT2D eigenvalue weighted by Gasteiger charge is -2.18. The minimum absolute atomic E-state index is 0.166. The van der Waals surface area contributed by atoms with Gasteiger partial charge < -0.3 is 10.0 Å². The van der Waals surface area contributed by atoms with Gasteiger partial charge in [0.25, 0.3) is 10.1 Å². The molecule has 0 radical (unpaired) electrons. The first-order valence-corrected chi connectivity index (χ1v) is 6.45. The smallest absolute Gasteiger partial charge is 0.264 e. The van der Waals surface area contributed by atoms with E-state index in [1.165, 1.54) is 0 Å². The molecular weight excluding hydrogens is 230 g/mol. The molecule has 0 unspecified atom stereocenters. The van der Waals surface area contributed by atoms with E-state index in [9.17, 15) is 13.5 Å². The van der Waals surface area contributed by atoms with Crippen molar-refractivity contribution in [3.63, 3.8) is 0 Å². The monoisotopic (exact) mass is 245 g/mol. The maximum Gasteiger partial charge on any atom is 0.264 e. The lowest BCUT2D eigenvalue weighted by Crippen LogP contribution is -2.20. The van der Waals surface area contributed by atoms with E-state index in [2.05, 4.69) is 0 Å². The summed E-state index contributed by atoms with van der Waals surface area (Å²) in [4.78, 5) is 1.81. The molecule has 90 valence electrons. The Hall–Kier alpha value is -1.27. The van der Waals surface area contributed by atoms with Gasteiger partial charge in [0.2, 0.25) is 0 Å². The predicted octanol–water partition coefficient (Wildman–Crippen LogP) is 1.11. The molecular formula is C10H15NO4S. The van der Waals surface area contributed by atoms with Crippen LogP contribution in [0.5, 0.6) is 5.75 Å². The van der Waals surface area contributed by atoms with Crippen LogP contribution in [0.2, 0.25) is 0 Å². The summed E-state index contributed by atoms with van der Waals surface area (Å²) in [5.41, 5.74) is 0.801. The van der Waals surface area contributed by atoms with Crippen LogP contribution in [0.25, 0.3) is 0 Å². The third-order valence-corrected chi connectivity index (χ3v) is 2.97. The van der Waals surface area contributed by atoms with Crippen LogP contribution in [0, 0.1) is 0 Å². The minimum atomic E-state index is -3.89. The van der Waals surface area contributed by atoms with Gasteiger partial charge in [0.05, 0.1) is 5.75 Å². The Kier molecular flexibility index (Phi) is 4.14. The molecule has 0 spiro atoms. The van der Waals surface area contributed by atoms with E-state index in [0.717, 1.165) is 5.69 Å². The normalized spacial score (nSPS) is 11.4. The molecule has 6 heteroatoms. The van der Waals surface area contributed by atoms with Gasteiger partial charge in [0.15, 0.2) is 0 Å². The van der Waals surface area contributed by atoms with Crippen LogP contribution in [-0.4, -0.2) is 37.4 Å². The maximum atomic E-state index is 10.5. The largest absolute Gasteiger partial charge is 0.508 e.